The maximum Gasteiger partial charge on any atom is 0.292 e. The van der Waals surface area contributed by atoms with Crippen LogP contribution in [0.4, 0.5) is 11.4 Å². The SMILES string of the molecule is CNC(=O)CCc1nc2ccccc2n1Cc1ccc(NC)c([N+](=O)[O-])c1. The maximum atomic E-state index is 11.6. The molecule has 3 aromatic rings. The number of hydrogen-bond acceptors (Lipinski definition) is 5. The van der Waals surface area contributed by atoms with Crippen LogP contribution in [0.2, 0.25) is 0 Å². The van der Waals surface area contributed by atoms with Crippen LogP contribution in [0.5, 0.6) is 0 Å². The molecule has 8 nitrogen and oxygen atoms in total. The molecule has 8 heteroatoms. The highest BCUT2D eigenvalue weighted by atomic mass is 16.6. The highest BCUT2D eigenvalue weighted by Crippen LogP contribution is 2.26. The van der Waals surface area contributed by atoms with E-state index in [0.717, 1.165) is 22.4 Å². The van der Waals surface area contributed by atoms with Gasteiger partial charge in [-0.25, -0.2) is 4.98 Å². The molecule has 0 spiro atoms. The summed E-state index contributed by atoms with van der Waals surface area (Å²) >= 11 is 0. The third-order valence-corrected chi connectivity index (χ3v) is 4.46. The van der Waals surface area contributed by atoms with Crippen molar-refractivity contribution in [2.24, 2.45) is 0 Å². The lowest BCUT2D eigenvalue weighted by Gasteiger charge is -2.11. The van der Waals surface area contributed by atoms with Crippen LogP contribution in [0, 0.1) is 10.1 Å². The molecule has 0 atom stereocenters. The van der Waals surface area contributed by atoms with Crippen LogP contribution in [0.15, 0.2) is 42.5 Å². The molecule has 0 aliphatic carbocycles. The van der Waals surface area contributed by atoms with Gasteiger partial charge in [-0.1, -0.05) is 18.2 Å². The number of nitro groups is 1. The Bertz CT molecular complexity index is 996. The molecule has 0 saturated carbocycles. The van der Waals surface area contributed by atoms with Crippen molar-refractivity contribution in [3.8, 4) is 0 Å². The van der Waals surface area contributed by atoms with Gasteiger partial charge in [-0.2, -0.15) is 0 Å². The molecule has 0 unspecified atom stereocenters. The average Bonchev–Trinajstić information content (AvgIpc) is 3.03. The lowest BCUT2D eigenvalue weighted by molar-refractivity contribution is -0.384. The number of aryl methyl sites for hydroxylation is 1. The predicted molar refractivity (Wildman–Crippen MR) is 104 cm³/mol. The highest BCUT2D eigenvalue weighted by molar-refractivity contribution is 5.77. The second kappa shape index (κ2) is 7.86. The number of hydrogen-bond donors (Lipinski definition) is 2. The number of benzene rings is 2. The number of imidazole rings is 1. The Kier molecular flexibility index (Phi) is 5.35. The summed E-state index contributed by atoms with van der Waals surface area (Å²) in [7, 11) is 3.26. The number of carbonyl (C=O) groups is 1. The smallest absolute Gasteiger partial charge is 0.292 e. The van der Waals surface area contributed by atoms with Gasteiger partial charge < -0.3 is 15.2 Å². The van der Waals surface area contributed by atoms with E-state index >= 15 is 0 Å². The highest BCUT2D eigenvalue weighted by Gasteiger charge is 2.16. The molecule has 0 aliphatic rings. The first-order valence-corrected chi connectivity index (χ1v) is 8.63. The van der Waals surface area contributed by atoms with Gasteiger partial charge in [0.15, 0.2) is 0 Å². The summed E-state index contributed by atoms with van der Waals surface area (Å²) in [6, 6.07) is 12.9. The van der Waals surface area contributed by atoms with Gasteiger partial charge in [0.2, 0.25) is 5.91 Å². The molecular formula is C19H21N5O3. The Balaban J connectivity index is 1.99. The first kappa shape index (κ1) is 18.4. The minimum absolute atomic E-state index is 0.0336. The fraction of sp³-hybridized carbons (Fsp3) is 0.263. The topological polar surface area (TPSA) is 102 Å². The van der Waals surface area contributed by atoms with E-state index in [9.17, 15) is 14.9 Å². The standard InChI is InChI=1S/C19H21N5O3/c1-20-14-8-7-13(11-17(14)24(26)27)12-23-16-6-4-3-5-15(16)22-18(23)9-10-19(25)21-2/h3-8,11,20H,9-10,12H2,1-2H3,(H,21,25). The molecule has 2 N–H and O–H groups in total. The minimum Gasteiger partial charge on any atom is -0.383 e. The summed E-state index contributed by atoms with van der Waals surface area (Å²) in [5.74, 6) is 0.725. The maximum absolute atomic E-state index is 11.6. The summed E-state index contributed by atoms with van der Waals surface area (Å²) < 4.78 is 2.01. The van der Waals surface area contributed by atoms with Crippen molar-refractivity contribution in [1.29, 1.82) is 0 Å². The lowest BCUT2D eigenvalue weighted by Crippen LogP contribution is -2.19. The number of nitrogens with zero attached hydrogens (tertiary/aromatic N) is 3. The lowest BCUT2D eigenvalue weighted by atomic mass is 10.1. The Labute approximate surface area is 156 Å². The zero-order valence-corrected chi connectivity index (χ0v) is 15.2. The summed E-state index contributed by atoms with van der Waals surface area (Å²) in [5, 5.41) is 16.8. The zero-order chi connectivity index (χ0) is 19.4. The number of rotatable bonds is 7. The molecule has 0 saturated heterocycles. The van der Waals surface area contributed by atoms with Crippen LogP contribution >= 0.6 is 0 Å². The number of amides is 1. The van der Waals surface area contributed by atoms with E-state index in [1.165, 1.54) is 0 Å². The first-order chi connectivity index (χ1) is 13.0. The number of fused-ring (bicyclic) bond motifs is 1. The fourth-order valence-electron chi connectivity index (χ4n) is 3.06. The normalized spacial score (nSPS) is 10.7. The third kappa shape index (κ3) is 3.89. The number of nitrogens with one attached hydrogen (secondary N) is 2. The van der Waals surface area contributed by atoms with E-state index in [4.69, 9.17) is 0 Å². The van der Waals surface area contributed by atoms with Crippen LogP contribution in [0.3, 0.4) is 0 Å². The van der Waals surface area contributed by atoms with E-state index in [1.807, 2.05) is 34.9 Å². The van der Waals surface area contributed by atoms with Crippen molar-refractivity contribution in [3.05, 3.63) is 64.0 Å². The number of para-hydroxylation sites is 2. The van der Waals surface area contributed by atoms with Gasteiger partial charge in [-0.3, -0.25) is 14.9 Å². The summed E-state index contributed by atoms with van der Waals surface area (Å²) in [4.78, 5) is 27.2. The van der Waals surface area contributed by atoms with Crippen molar-refractivity contribution in [1.82, 2.24) is 14.9 Å². The summed E-state index contributed by atoms with van der Waals surface area (Å²) in [6.07, 6.45) is 0.823. The van der Waals surface area contributed by atoms with Crippen molar-refractivity contribution in [2.45, 2.75) is 19.4 Å². The molecule has 0 radical (unpaired) electrons. The Morgan fingerprint density at radius 2 is 2.00 bits per heavy atom. The molecule has 140 valence electrons. The average molecular weight is 367 g/mol. The van der Waals surface area contributed by atoms with Gasteiger partial charge in [-0.15, -0.1) is 0 Å². The van der Waals surface area contributed by atoms with E-state index in [0.29, 0.717) is 25.1 Å². The van der Waals surface area contributed by atoms with E-state index < -0.39 is 4.92 Å². The van der Waals surface area contributed by atoms with Gasteiger partial charge >= 0.3 is 0 Å². The van der Waals surface area contributed by atoms with Crippen LogP contribution in [-0.2, 0) is 17.8 Å². The van der Waals surface area contributed by atoms with Crippen LogP contribution in [0.1, 0.15) is 17.8 Å². The van der Waals surface area contributed by atoms with Gasteiger partial charge in [-0.05, 0) is 23.8 Å². The van der Waals surface area contributed by atoms with E-state index in [1.54, 1.807) is 26.2 Å². The third-order valence-electron chi connectivity index (χ3n) is 4.46. The van der Waals surface area contributed by atoms with Crippen LogP contribution in [-0.4, -0.2) is 34.5 Å². The Hall–Kier alpha value is -3.42. The molecule has 1 amide bonds. The number of aromatic nitrogens is 2. The minimum atomic E-state index is -0.395. The molecule has 27 heavy (non-hydrogen) atoms. The first-order valence-electron chi connectivity index (χ1n) is 8.63. The van der Waals surface area contributed by atoms with Crippen molar-refractivity contribution >= 4 is 28.3 Å². The van der Waals surface area contributed by atoms with Gasteiger partial charge in [0.05, 0.1) is 16.0 Å². The molecule has 1 aromatic heterocycles. The molecular weight excluding hydrogens is 346 g/mol. The van der Waals surface area contributed by atoms with Crippen molar-refractivity contribution < 1.29 is 9.72 Å². The molecule has 1 heterocycles. The molecule has 2 aromatic carbocycles. The number of anilines is 1. The monoisotopic (exact) mass is 367 g/mol. The van der Waals surface area contributed by atoms with Crippen molar-refractivity contribution in [3.63, 3.8) is 0 Å². The Morgan fingerprint density at radius 3 is 2.70 bits per heavy atom. The molecule has 0 aliphatic heterocycles. The molecule has 3 rings (SSSR count). The zero-order valence-electron chi connectivity index (χ0n) is 15.2. The molecule has 0 fully saturated rings. The van der Waals surface area contributed by atoms with Crippen LogP contribution in [0.25, 0.3) is 11.0 Å². The predicted octanol–water partition coefficient (Wildman–Crippen LogP) is 2.71. The fourth-order valence-corrected chi connectivity index (χ4v) is 3.06. The second-order valence-electron chi connectivity index (χ2n) is 6.13. The Morgan fingerprint density at radius 1 is 1.22 bits per heavy atom. The van der Waals surface area contributed by atoms with E-state index in [-0.39, 0.29) is 11.6 Å². The largest absolute Gasteiger partial charge is 0.383 e. The van der Waals surface area contributed by atoms with Gasteiger partial charge in [0.1, 0.15) is 11.5 Å². The van der Waals surface area contributed by atoms with Crippen LogP contribution < -0.4 is 10.6 Å². The number of carbonyl (C=O) groups excluding carboxylic acids is 1. The van der Waals surface area contributed by atoms with Gasteiger partial charge in [0, 0.05) is 39.5 Å². The van der Waals surface area contributed by atoms with E-state index in [2.05, 4.69) is 15.6 Å². The van der Waals surface area contributed by atoms with Gasteiger partial charge in [0.25, 0.3) is 5.69 Å². The summed E-state index contributed by atoms with van der Waals surface area (Å²) in [6.45, 7) is 0.439. The number of nitro benzene ring substituents is 1. The quantitative estimate of drug-likeness (QED) is 0.494. The van der Waals surface area contributed by atoms with Crippen molar-refractivity contribution in [2.75, 3.05) is 19.4 Å². The summed E-state index contributed by atoms with van der Waals surface area (Å²) in [5.41, 5.74) is 3.07. The second-order valence-corrected chi connectivity index (χ2v) is 6.13. The molecule has 0 bridgehead atoms.